The Hall–Kier alpha value is -3.00. The zero-order valence-corrected chi connectivity index (χ0v) is 15.7. The third-order valence-electron chi connectivity index (χ3n) is 5.32. The highest BCUT2D eigenvalue weighted by atomic mass is 16.2. The molecule has 0 saturated heterocycles. The van der Waals surface area contributed by atoms with Crippen LogP contribution in [0.1, 0.15) is 53.8 Å². The molecule has 3 N–H and O–H groups in total. The monoisotopic (exact) mass is 379 g/mol. The minimum Gasteiger partial charge on any atom is -0.342 e. The Kier molecular flexibility index (Phi) is 5.48. The Labute approximate surface area is 163 Å². The second kappa shape index (κ2) is 8.35. The zero-order valence-electron chi connectivity index (χ0n) is 15.7. The van der Waals surface area contributed by atoms with Crippen LogP contribution in [-0.4, -0.2) is 36.5 Å². The highest BCUT2D eigenvalue weighted by Crippen LogP contribution is 2.27. The van der Waals surface area contributed by atoms with Crippen molar-refractivity contribution in [1.82, 2.24) is 29.9 Å². The summed E-state index contributed by atoms with van der Waals surface area (Å²) in [7, 11) is 0. The normalized spacial score (nSPS) is 20.6. The maximum atomic E-state index is 12.8. The smallest absolute Gasteiger partial charge is 0.274 e. The number of amides is 1. The van der Waals surface area contributed by atoms with Crippen molar-refractivity contribution >= 4 is 5.91 Å². The molecule has 1 fully saturated rings. The van der Waals surface area contributed by atoms with Crippen molar-refractivity contribution < 1.29 is 4.79 Å². The van der Waals surface area contributed by atoms with Gasteiger partial charge in [-0.15, -0.1) is 5.10 Å². The van der Waals surface area contributed by atoms with E-state index in [2.05, 4.69) is 20.6 Å². The first-order valence-corrected chi connectivity index (χ1v) is 9.68. The number of imidazole rings is 1. The number of carbonyl (C=O) groups is 1. The van der Waals surface area contributed by atoms with Crippen molar-refractivity contribution in [2.45, 2.75) is 50.4 Å². The number of nitrogens with one attached hydrogen (secondary N) is 1. The predicted octanol–water partition coefficient (Wildman–Crippen LogP) is 2.09. The Morgan fingerprint density at radius 2 is 2.00 bits per heavy atom. The number of rotatable bonds is 6. The largest absolute Gasteiger partial charge is 0.342 e. The van der Waals surface area contributed by atoms with Crippen molar-refractivity contribution in [2.24, 2.45) is 5.73 Å². The third-order valence-corrected chi connectivity index (χ3v) is 5.32. The maximum Gasteiger partial charge on any atom is 0.274 e. The van der Waals surface area contributed by atoms with E-state index in [4.69, 9.17) is 5.73 Å². The minimum atomic E-state index is -0.229. The van der Waals surface area contributed by atoms with Crippen LogP contribution >= 0.6 is 0 Å². The SMILES string of the molecule is NC1CCC(n2cc(C(=O)N[C@H](Cn3ccnc3)c3ccccc3)nn2)CC1. The molecular formula is C20H25N7O. The third kappa shape index (κ3) is 4.28. The van der Waals surface area contributed by atoms with Crippen LogP contribution in [-0.2, 0) is 6.54 Å². The van der Waals surface area contributed by atoms with Gasteiger partial charge in [-0.1, -0.05) is 35.5 Å². The van der Waals surface area contributed by atoms with Gasteiger partial charge in [0.25, 0.3) is 5.91 Å². The summed E-state index contributed by atoms with van der Waals surface area (Å²) in [4.78, 5) is 16.9. The molecule has 1 aromatic carbocycles. The van der Waals surface area contributed by atoms with Gasteiger partial charge in [-0.05, 0) is 31.2 Å². The second-order valence-electron chi connectivity index (χ2n) is 7.35. The first-order chi connectivity index (χ1) is 13.7. The lowest BCUT2D eigenvalue weighted by molar-refractivity contribution is 0.0927. The quantitative estimate of drug-likeness (QED) is 0.682. The van der Waals surface area contributed by atoms with Crippen LogP contribution in [0.15, 0.2) is 55.2 Å². The molecule has 0 unspecified atom stereocenters. The summed E-state index contributed by atoms with van der Waals surface area (Å²) in [6, 6.07) is 10.2. The van der Waals surface area contributed by atoms with Crippen LogP contribution in [0.4, 0.5) is 0 Å². The van der Waals surface area contributed by atoms with Gasteiger partial charge in [0.15, 0.2) is 5.69 Å². The van der Waals surface area contributed by atoms with E-state index in [-0.39, 0.29) is 24.0 Å². The summed E-state index contributed by atoms with van der Waals surface area (Å²) in [6.45, 7) is 0.588. The lowest BCUT2D eigenvalue weighted by Gasteiger charge is -2.25. The van der Waals surface area contributed by atoms with Crippen LogP contribution in [0, 0.1) is 0 Å². The Balaban J connectivity index is 1.47. The van der Waals surface area contributed by atoms with Crippen molar-refractivity contribution in [1.29, 1.82) is 0 Å². The molecule has 0 radical (unpaired) electrons. The standard InChI is InChI=1S/C20H25N7O/c21-16-6-8-17(9-7-16)27-13-19(24-25-27)20(28)23-18(12-26-11-10-22-14-26)15-4-2-1-3-5-15/h1-5,10-11,13-14,16-18H,6-9,12,21H2,(H,23,28)/t16?,17?,18-/m1/s1. The Morgan fingerprint density at radius 1 is 1.21 bits per heavy atom. The number of benzene rings is 1. The summed E-state index contributed by atoms with van der Waals surface area (Å²) in [6.07, 6.45) is 11.0. The predicted molar refractivity (Wildman–Crippen MR) is 104 cm³/mol. The van der Waals surface area contributed by atoms with E-state index in [1.165, 1.54) is 0 Å². The molecule has 1 atom stereocenters. The van der Waals surface area contributed by atoms with Gasteiger partial charge in [0.2, 0.25) is 0 Å². The zero-order chi connectivity index (χ0) is 19.3. The number of hydrogen-bond acceptors (Lipinski definition) is 5. The molecule has 0 bridgehead atoms. The molecule has 3 aromatic rings. The molecule has 8 heteroatoms. The van der Waals surface area contributed by atoms with Gasteiger partial charge in [0, 0.05) is 25.0 Å². The van der Waals surface area contributed by atoms with Gasteiger partial charge < -0.3 is 15.6 Å². The summed E-state index contributed by atoms with van der Waals surface area (Å²) >= 11 is 0. The van der Waals surface area contributed by atoms with Gasteiger partial charge >= 0.3 is 0 Å². The summed E-state index contributed by atoms with van der Waals surface area (Å²) in [5.41, 5.74) is 7.34. The number of nitrogens with zero attached hydrogens (tertiary/aromatic N) is 5. The number of nitrogens with two attached hydrogens (primary N) is 1. The van der Waals surface area contributed by atoms with Crippen LogP contribution < -0.4 is 11.1 Å². The van der Waals surface area contributed by atoms with Gasteiger partial charge in [0.05, 0.1) is 24.6 Å². The molecular weight excluding hydrogens is 354 g/mol. The fraction of sp³-hybridized carbons (Fsp3) is 0.400. The molecule has 1 aliphatic rings. The molecule has 2 aromatic heterocycles. The molecule has 146 valence electrons. The number of aromatic nitrogens is 5. The first kappa shape index (κ1) is 18.4. The van der Waals surface area contributed by atoms with Crippen molar-refractivity contribution in [2.75, 3.05) is 0 Å². The molecule has 1 saturated carbocycles. The van der Waals surface area contributed by atoms with Crippen LogP contribution in [0.25, 0.3) is 0 Å². The van der Waals surface area contributed by atoms with E-state index in [0.29, 0.717) is 12.2 Å². The molecule has 0 spiro atoms. The molecule has 8 nitrogen and oxygen atoms in total. The van der Waals surface area contributed by atoms with E-state index >= 15 is 0 Å². The molecule has 0 aliphatic heterocycles. The van der Waals surface area contributed by atoms with Crippen LogP contribution in [0.2, 0.25) is 0 Å². The van der Waals surface area contributed by atoms with Gasteiger partial charge in [-0.3, -0.25) is 4.79 Å². The van der Waals surface area contributed by atoms with E-state index < -0.39 is 0 Å². The number of hydrogen-bond donors (Lipinski definition) is 2. The van der Waals surface area contributed by atoms with Gasteiger partial charge in [0.1, 0.15) is 0 Å². The van der Waals surface area contributed by atoms with E-state index in [1.807, 2.05) is 45.8 Å². The fourth-order valence-electron chi connectivity index (χ4n) is 3.68. The molecule has 4 rings (SSSR count). The van der Waals surface area contributed by atoms with Crippen molar-refractivity contribution in [3.05, 3.63) is 66.5 Å². The first-order valence-electron chi connectivity index (χ1n) is 9.68. The maximum absolute atomic E-state index is 12.8. The fourth-order valence-corrected chi connectivity index (χ4v) is 3.68. The minimum absolute atomic E-state index is 0.194. The topological polar surface area (TPSA) is 104 Å². The van der Waals surface area contributed by atoms with E-state index in [0.717, 1.165) is 31.2 Å². The lowest BCUT2D eigenvalue weighted by Crippen LogP contribution is -2.31. The van der Waals surface area contributed by atoms with Gasteiger partial charge in [-0.2, -0.15) is 0 Å². The van der Waals surface area contributed by atoms with Crippen LogP contribution in [0.3, 0.4) is 0 Å². The summed E-state index contributed by atoms with van der Waals surface area (Å²) in [5, 5.41) is 11.4. The Bertz CT molecular complexity index is 882. The van der Waals surface area contributed by atoms with Gasteiger partial charge in [-0.25, -0.2) is 9.67 Å². The van der Waals surface area contributed by atoms with Crippen molar-refractivity contribution in [3.8, 4) is 0 Å². The summed E-state index contributed by atoms with van der Waals surface area (Å²) in [5.74, 6) is -0.229. The average Bonchev–Trinajstić information content (AvgIpc) is 3.41. The molecule has 2 heterocycles. The molecule has 1 aliphatic carbocycles. The molecule has 1 amide bonds. The highest BCUT2D eigenvalue weighted by molar-refractivity contribution is 5.92. The van der Waals surface area contributed by atoms with Crippen LogP contribution in [0.5, 0.6) is 0 Å². The lowest BCUT2D eigenvalue weighted by atomic mass is 9.92. The van der Waals surface area contributed by atoms with E-state index in [1.54, 1.807) is 18.7 Å². The van der Waals surface area contributed by atoms with Crippen molar-refractivity contribution in [3.63, 3.8) is 0 Å². The average molecular weight is 379 g/mol. The Morgan fingerprint density at radius 3 is 2.71 bits per heavy atom. The number of carbonyl (C=O) groups excluding carboxylic acids is 1. The highest BCUT2D eigenvalue weighted by Gasteiger charge is 2.23. The van der Waals surface area contributed by atoms with E-state index in [9.17, 15) is 4.79 Å². The summed E-state index contributed by atoms with van der Waals surface area (Å²) < 4.78 is 3.76. The second-order valence-corrected chi connectivity index (χ2v) is 7.35. The molecule has 28 heavy (non-hydrogen) atoms.